The molecule has 2 N–H and O–H groups in total. The van der Waals surface area contributed by atoms with Crippen LogP contribution in [0.1, 0.15) is 20.8 Å². The van der Waals surface area contributed by atoms with Gasteiger partial charge < -0.3 is 10.6 Å². The number of benzene rings is 1. The maximum Gasteiger partial charge on any atom is 0.232 e. The Kier molecular flexibility index (Phi) is 3.63. The highest BCUT2D eigenvalue weighted by Crippen LogP contribution is 2.29. The Hall–Kier alpha value is -1.03. The lowest BCUT2D eigenvalue weighted by atomic mass is 9.94. The molecule has 0 heterocycles. The van der Waals surface area contributed by atoms with Crippen molar-refractivity contribution in [2.75, 3.05) is 17.7 Å². The molecule has 3 nitrogen and oxygen atoms in total. The van der Waals surface area contributed by atoms with Gasteiger partial charge in [0.25, 0.3) is 0 Å². The molecule has 0 aromatic heterocycles. The maximum absolute atomic E-state index is 12.1. The van der Waals surface area contributed by atoms with Gasteiger partial charge in [0.05, 0.1) is 11.4 Å². The second-order valence-corrected chi connectivity index (χ2v) is 5.73. The summed E-state index contributed by atoms with van der Waals surface area (Å²) in [5, 5.41) is 0. The van der Waals surface area contributed by atoms with Crippen LogP contribution in [0.25, 0.3) is 0 Å². The van der Waals surface area contributed by atoms with Crippen LogP contribution in [-0.2, 0) is 4.79 Å². The number of halogens is 1. The Morgan fingerprint density at radius 2 is 1.94 bits per heavy atom. The zero-order chi connectivity index (χ0) is 12.5. The minimum atomic E-state index is -0.408. The van der Waals surface area contributed by atoms with Gasteiger partial charge in [-0.1, -0.05) is 36.7 Å². The quantitative estimate of drug-likeness (QED) is 0.806. The van der Waals surface area contributed by atoms with E-state index in [1.807, 2.05) is 32.9 Å². The molecule has 0 spiro atoms. The van der Waals surface area contributed by atoms with E-state index in [-0.39, 0.29) is 5.91 Å². The molecule has 1 aromatic carbocycles. The molecule has 0 atom stereocenters. The largest absolute Gasteiger partial charge is 0.397 e. The van der Waals surface area contributed by atoms with Crippen molar-refractivity contribution in [1.29, 1.82) is 0 Å². The van der Waals surface area contributed by atoms with Crippen molar-refractivity contribution >= 4 is 33.2 Å². The number of hydrogen-bond donors (Lipinski definition) is 1. The number of nitrogens with two attached hydrogens (primary N) is 1. The molecule has 88 valence electrons. The fourth-order valence-electron chi connectivity index (χ4n) is 1.44. The molecule has 16 heavy (non-hydrogen) atoms. The average molecular weight is 285 g/mol. The van der Waals surface area contributed by atoms with E-state index >= 15 is 0 Å². The SMILES string of the molecule is CN(C(=O)C(C)(C)C)c1ccc(Br)cc1N. The zero-order valence-corrected chi connectivity index (χ0v) is 11.6. The summed E-state index contributed by atoms with van der Waals surface area (Å²) < 4.78 is 0.908. The van der Waals surface area contributed by atoms with Crippen molar-refractivity contribution in [1.82, 2.24) is 0 Å². The number of carbonyl (C=O) groups is 1. The predicted octanol–water partition coefficient (Wildman–Crippen LogP) is 3.04. The zero-order valence-electron chi connectivity index (χ0n) is 10.0. The number of anilines is 2. The Balaban J connectivity index is 3.06. The first-order valence-electron chi connectivity index (χ1n) is 5.06. The molecule has 4 heteroatoms. The minimum absolute atomic E-state index is 0.0431. The molecule has 0 aliphatic carbocycles. The van der Waals surface area contributed by atoms with E-state index in [0.29, 0.717) is 5.69 Å². The van der Waals surface area contributed by atoms with E-state index in [1.54, 1.807) is 18.0 Å². The third-order valence-corrected chi connectivity index (χ3v) is 2.79. The number of rotatable bonds is 1. The molecule has 1 rings (SSSR count). The summed E-state index contributed by atoms with van der Waals surface area (Å²) in [6, 6.07) is 5.50. The van der Waals surface area contributed by atoms with Crippen LogP contribution in [-0.4, -0.2) is 13.0 Å². The molecule has 0 saturated carbocycles. The molecular weight excluding hydrogens is 268 g/mol. The maximum atomic E-state index is 12.1. The molecule has 0 saturated heterocycles. The van der Waals surface area contributed by atoms with E-state index in [4.69, 9.17) is 5.73 Å². The standard InChI is InChI=1S/C12H17BrN2O/c1-12(2,3)11(16)15(4)10-6-5-8(13)7-9(10)14/h5-7H,14H2,1-4H3. The van der Waals surface area contributed by atoms with E-state index in [1.165, 1.54) is 0 Å². The van der Waals surface area contributed by atoms with Crippen LogP contribution >= 0.6 is 15.9 Å². The lowest BCUT2D eigenvalue weighted by molar-refractivity contribution is -0.125. The number of nitrogen functional groups attached to an aromatic ring is 1. The second kappa shape index (κ2) is 4.45. The number of nitrogens with zero attached hydrogens (tertiary/aromatic N) is 1. The minimum Gasteiger partial charge on any atom is -0.397 e. The van der Waals surface area contributed by atoms with Crippen LogP contribution in [0, 0.1) is 5.41 Å². The van der Waals surface area contributed by atoms with Gasteiger partial charge in [0, 0.05) is 16.9 Å². The summed E-state index contributed by atoms with van der Waals surface area (Å²) in [4.78, 5) is 13.7. The number of hydrogen-bond acceptors (Lipinski definition) is 2. The van der Waals surface area contributed by atoms with Crippen LogP contribution in [0.3, 0.4) is 0 Å². The summed E-state index contributed by atoms with van der Waals surface area (Å²) in [5.41, 5.74) is 6.80. The Bertz CT molecular complexity index is 410. The van der Waals surface area contributed by atoms with Gasteiger partial charge in [-0.2, -0.15) is 0 Å². The second-order valence-electron chi connectivity index (χ2n) is 4.82. The summed E-state index contributed by atoms with van der Waals surface area (Å²) >= 11 is 3.34. The summed E-state index contributed by atoms with van der Waals surface area (Å²) in [5.74, 6) is 0.0431. The van der Waals surface area contributed by atoms with Crippen LogP contribution in [0.2, 0.25) is 0 Å². The molecule has 0 bridgehead atoms. The molecule has 0 aliphatic rings. The van der Waals surface area contributed by atoms with Gasteiger partial charge in [-0.25, -0.2) is 0 Å². The highest BCUT2D eigenvalue weighted by atomic mass is 79.9. The van der Waals surface area contributed by atoms with Crippen LogP contribution in [0.4, 0.5) is 11.4 Å². The van der Waals surface area contributed by atoms with Crippen LogP contribution in [0.5, 0.6) is 0 Å². The molecule has 1 amide bonds. The Morgan fingerprint density at radius 3 is 2.38 bits per heavy atom. The summed E-state index contributed by atoms with van der Waals surface area (Å²) in [6.45, 7) is 5.67. The average Bonchev–Trinajstić information content (AvgIpc) is 2.14. The van der Waals surface area contributed by atoms with Crippen LogP contribution in [0.15, 0.2) is 22.7 Å². The van der Waals surface area contributed by atoms with Gasteiger partial charge in [-0.15, -0.1) is 0 Å². The molecule has 0 aliphatic heterocycles. The lowest BCUT2D eigenvalue weighted by Gasteiger charge is -2.27. The molecular formula is C12H17BrN2O. The van der Waals surface area contributed by atoms with Crippen molar-refractivity contribution < 1.29 is 4.79 Å². The Labute approximate surface area is 105 Å². The van der Waals surface area contributed by atoms with Crippen molar-refractivity contribution in [3.8, 4) is 0 Å². The molecule has 0 fully saturated rings. The van der Waals surface area contributed by atoms with E-state index in [0.717, 1.165) is 10.2 Å². The number of amides is 1. The smallest absolute Gasteiger partial charge is 0.232 e. The molecule has 0 radical (unpaired) electrons. The fraction of sp³-hybridized carbons (Fsp3) is 0.417. The highest BCUT2D eigenvalue weighted by Gasteiger charge is 2.26. The van der Waals surface area contributed by atoms with Crippen molar-refractivity contribution in [2.24, 2.45) is 5.41 Å². The van der Waals surface area contributed by atoms with Crippen molar-refractivity contribution in [3.05, 3.63) is 22.7 Å². The normalized spacial score (nSPS) is 11.3. The Morgan fingerprint density at radius 1 is 1.38 bits per heavy atom. The van der Waals surface area contributed by atoms with Gasteiger partial charge in [0.2, 0.25) is 5.91 Å². The summed E-state index contributed by atoms with van der Waals surface area (Å²) in [6.07, 6.45) is 0. The van der Waals surface area contributed by atoms with Gasteiger partial charge >= 0.3 is 0 Å². The van der Waals surface area contributed by atoms with E-state index < -0.39 is 5.41 Å². The van der Waals surface area contributed by atoms with Crippen molar-refractivity contribution in [2.45, 2.75) is 20.8 Å². The third-order valence-electron chi connectivity index (χ3n) is 2.30. The first-order valence-corrected chi connectivity index (χ1v) is 5.86. The molecule has 0 unspecified atom stereocenters. The van der Waals surface area contributed by atoms with Gasteiger partial charge in [0.15, 0.2) is 0 Å². The van der Waals surface area contributed by atoms with Crippen molar-refractivity contribution in [3.63, 3.8) is 0 Å². The van der Waals surface area contributed by atoms with Gasteiger partial charge in [-0.3, -0.25) is 4.79 Å². The monoisotopic (exact) mass is 284 g/mol. The summed E-state index contributed by atoms with van der Waals surface area (Å²) in [7, 11) is 1.74. The number of carbonyl (C=O) groups excluding carboxylic acids is 1. The fourth-order valence-corrected chi connectivity index (χ4v) is 1.82. The first-order chi connectivity index (χ1) is 7.23. The lowest BCUT2D eigenvalue weighted by Crippen LogP contribution is -2.37. The van der Waals surface area contributed by atoms with Gasteiger partial charge in [-0.05, 0) is 18.2 Å². The van der Waals surface area contributed by atoms with Crippen LogP contribution < -0.4 is 10.6 Å². The molecule has 1 aromatic rings. The van der Waals surface area contributed by atoms with E-state index in [9.17, 15) is 4.79 Å². The topological polar surface area (TPSA) is 46.3 Å². The third kappa shape index (κ3) is 2.76. The first kappa shape index (κ1) is 13.0. The predicted molar refractivity (Wildman–Crippen MR) is 71.4 cm³/mol. The highest BCUT2D eigenvalue weighted by molar-refractivity contribution is 9.10. The van der Waals surface area contributed by atoms with Gasteiger partial charge in [0.1, 0.15) is 0 Å². The van der Waals surface area contributed by atoms with E-state index in [2.05, 4.69) is 15.9 Å².